The highest BCUT2D eigenvalue weighted by atomic mass is 16.5. The van der Waals surface area contributed by atoms with E-state index in [1.165, 1.54) is 0 Å². The number of fused-ring (bicyclic) bond motifs is 2. The van der Waals surface area contributed by atoms with Crippen molar-refractivity contribution in [3.8, 4) is 5.75 Å². The molecule has 28 heavy (non-hydrogen) atoms. The van der Waals surface area contributed by atoms with Gasteiger partial charge >= 0.3 is 0 Å². The zero-order valence-corrected chi connectivity index (χ0v) is 16.3. The molecule has 0 radical (unpaired) electrons. The number of carbonyl (C=O) groups is 1. The predicted molar refractivity (Wildman–Crippen MR) is 115 cm³/mol. The normalized spacial score (nSPS) is 14.7. The highest BCUT2D eigenvalue weighted by Crippen LogP contribution is 2.33. The summed E-state index contributed by atoms with van der Waals surface area (Å²) in [5.74, 6) is 0.794. The highest BCUT2D eigenvalue weighted by molar-refractivity contribution is 6.34. The summed E-state index contributed by atoms with van der Waals surface area (Å²) in [5, 5.41) is 3.98. The van der Waals surface area contributed by atoms with E-state index < -0.39 is 0 Å². The number of hydrogen-bond acceptors (Lipinski definition) is 3. The third-order valence-corrected chi connectivity index (χ3v) is 5.19. The summed E-state index contributed by atoms with van der Waals surface area (Å²) in [7, 11) is 0. The second-order valence-corrected chi connectivity index (χ2v) is 6.91. The van der Waals surface area contributed by atoms with E-state index >= 15 is 0 Å². The van der Waals surface area contributed by atoms with E-state index in [0.717, 1.165) is 53.2 Å². The topological polar surface area (TPSA) is 57.4 Å². The Hall–Kier alpha value is -3.05. The van der Waals surface area contributed by atoms with Gasteiger partial charge in [-0.25, -0.2) is 0 Å². The van der Waals surface area contributed by atoms with Gasteiger partial charge in [0.25, 0.3) is 5.91 Å². The molecule has 0 atom stereocenters. The molecule has 1 aromatic heterocycles. The maximum atomic E-state index is 12.3. The number of rotatable bonds is 7. The van der Waals surface area contributed by atoms with E-state index in [4.69, 9.17) is 4.74 Å². The van der Waals surface area contributed by atoms with Crippen LogP contribution in [0.25, 0.3) is 22.6 Å². The van der Waals surface area contributed by atoms with Gasteiger partial charge in [-0.1, -0.05) is 32.0 Å². The molecule has 0 unspecified atom stereocenters. The SMILES string of the molecule is CCN(CC)CCOc1ccc2[nH]c(C=C3C(=O)Nc4ccccc43)cc2c1. The maximum Gasteiger partial charge on any atom is 0.256 e. The number of H-pyrrole nitrogens is 1. The van der Waals surface area contributed by atoms with E-state index in [0.29, 0.717) is 12.2 Å². The molecule has 1 aliphatic rings. The van der Waals surface area contributed by atoms with Crippen LogP contribution in [0.15, 0.2) is 48.5 Å². The van der Waals surface area contributed by atoms with Crippen LogP contribution in [0.5, 0.6) is 5.75 Å². The van der Waals surface area contributed by atoms with Gasteiger partial charge in [-0.3, -0.25) is 4.79 Å². The molecule has 144 valence electrons. The molecule has 0 spiro atoms. The van der Waals surface area contributed by atoms with Crippen LogP contribution in [0.3, 0.4) is 0 Å². The van der Waals surface area contributed by atoms with Gasteiger partial charge < -0.3 is 19.9 Å². The van der Waals surface area contributed by atoms with Gasteiger partial charge in [-0.05, 0) is 49.5 Å². The summed E-state index contributed by atoms with van der Waals surface area (Å²) >= 11 is 0. The van der Waals surface area contributed by atoms with Crippen molar-refractivity contribution in [3.63, 3.8) is 0 Å². The van der Waals surface area contributed by atoms with Crippen LogP contribution in [-0.4, -0.2) is 42.0 Å². The van der Waals surface area contributed by atoms with Crippen LogP contribution < -0.4 is 10.1 Å². The first-order valence-electron chi connectivity index (χ1n) is 9.78. The summed E-state index contributed by atoms with van der Waals surface area (Å²) in [6.45, 7) is 7.98. The maximum absolute atomic E-state index is 12.3. The molecule has 0 bridgehead atoms. The number of amides is 1. The number of likely N-dealkylation sites (N-methyl/N-ethyl adjacent to an activating group) is 1. The van der Waals surface area contributed by atoms with Crippen molar-refractivity contribution in [1.29, 1.82) is 0 Å². The first-order chi connectivity index (χ1) is 13.7. The fraction of sp³-hybridized carbons (Fsp3) is 0.261. The quantitative estimate of drug-likeness (QED) is 0.603. The summed E-state index contributed by atoms with van der Waals surface area (Å²) in [6, 6.07) is 15.8. The molecule has 4 rings (SSSR count). The summed E-state index contributed by atoms with van der Waals surface area (Å²) in [5.41, 5.74) is 4.40. The van der Waals surface area contributed by atoms with Gasteiger partial charge in [-0.2, -0.15) is 0 Å². The second-order valence-electron chi connectivity index (χ2n) is 6.91. The molecule has 3 aromatic rings. The molecular weight excluding hydrogens is 350 g/mol. The first-order valence-corrected chi connectivity index (χ1v) is 9.78. The Morgan fingerprint density at radius 3 is 2.71 bits per heavy atom. The number of aromatic amines is 1. The Bertz CT molecular complexity index is 1030. The number of nitrogens with one attached hydrogen (secondary N) is 2. The van der Waals surface area contributed by atoms with Crippen LogP contribution in [0.1, 0.15) is 25.1 Å². The lowest BCUT2D eigenvalue weighted by molar-refractivity contribution is -0.110. The smallest absolute Gasteiger partial charge is 0.256 e. The lowest BCUT2D eigenvalue weighted by Gasteiger charge is -2.17. The zero-order valence-electron chi connectivity index (χ0n) is 16.3. The zero-order chi connectivity index (χ0) is 19.5. The minimum atomic E-state index is -0.0692. The van der Waals surface area contributed by atoms with Crippen LogP contribution >= 0.6 is 0 Å². The van der Waals surface area contributed by atoms with Crippen LogP contribution in [0, 0.1) is 0 Å². The number of aromatic nitrogens is 1. The Morgan fingerprint density at radius 1 is 1.07 bits per heavy atom. The Morgan fingerprint density at radius 2 is 1.89 bits per heavy atom. The average molecular weight is 375 g/mol. The number of para-hydroxylation sites is 1. The summed E-state index contributed by atoms with van der Waals surface area (Å²) < 4.78 is 5.92. The number of carbonyl (C=O) groups excluding carboxylic acids is 1. The molecule has 2 aromatic carbocycles. The van der Waals surface area contributed by atoms with E-state index in [2.05, 4.69) is 29.0 Å². The van der Waals surface area contributed by atoms with E-state index in [-0.39, 0.29) is 5.91 Å². The molecule has 5 nitrogen and oxygen atoms in total. The molecule has 1 aliphatic heterocycles. The van der Waals surface area contributed by atoms with Crippen LogP contribution in [0.2, 0.25) is 0 Å². The van der Waals surface area contributed by atoms with Crippen molar-refractivity contribution >= 4 is 34.1 Å². The Kier molecular flexibility index (Phi) is 5.17. The molecular formula is C23H25N3O2. The van der Waals surface area contributed by atoms with Gasteiger partial charge in [0, 0.05) is 34.4 Å². The molecule has 2 heterocycles. The minimum absolute atomic E-state index is 0.0692. The largest absolute Gasteiger partial charge is 0.492 e. The Balaban J connectivity index is 1.53. The van der Waals surface area contributed by atoms with Crippen LogP contribution in [0.4, 0.5) is 5.69 Å². The van der Waals surface area contributed by atoms with Gasteiger partial charge in [0.2, 0.25) is 0 Å². The van der Waals surface area contributed by atoms with E-state index in [1.54, 1.807) is 0 Å². The van der Waals surface area contributed by atoms with Crippen molar-refractivity contribution in [1.82, 2.24) is 9.88 Å². The van der Waals surface area contributed by atoms with E-state index in [9.17, 15) is 4.79 Å². The number of hydrogen-bond donors (Lipinski definition) is 2. The lowest BCUT2D eigenvalue weighted by atomic mass is 10.1. The lowest BCUT2D eigenvalue weighted by Crippen LogP contribution is -2.27. The standard InChI is InChI=1S/C23H25N3O2/c1-3-26(4-2)11-12-28-18-9-10-21-16(14-18)13-17(24-21)15-20-19-7-5-6-8-22(19)25-23(20)27/h5-10,13-15,24H,3-4,11-12H2,1-2H3,(H,25,27). The number of ether oxygens (including phenoxy) is 1. The third-order valence-electron chi connectivity index (χ3n) is 5.19. The number of nitrogens with zero attached hydrogens (tertiary/aromatic N) is 1. The van der Waals surface area contributed by atoms with Crippen molar-refractivity contribution in [2.45, 2.75) is 13.8 Å². The monoisotopic (exact) mass is 375 g/mol. The average Bonchev–Trinajstić information content (AvgIpc) is 3.25. The first kappa shape index (κ1) is 18.3. The summed E-state index contributed by atoms with van der Waals surface area (Å²) in [6.07, 6.45) is 1.90. The second kappa shape index (κ2) is 7.90. The highest BCUT2D eigenvalue weighted by Gasteiger charge is 2.23. The van der Waals surface area contributed by atoms with Crippen molar-refractivity contribution < 1.29 is 9.53 Å². The fourth-order valence-corrected chi connectivity index (χ4v) is 3.57. The number of benzene rings is 2. The third kappa shape index (κ3) is 3.66. The van der Waals surface area contributed by atoms with Crippen molar-refractivity contribution in [2.24, 2.45) is 0 Å². The van der Waals surface area contributed by atoms with Gasteiger partial charge in [0.1, 0.15) is 12.4 Å². The van der Waals surface area contributed by atoms with Crippen molar-refractivity contribution in [2.75, 3.05) is 31.6 Å². The van der Waals surface area contributed by atoms with Gasteiger partial charge in [0.15, 0.2) is 0 Å². The van der Waals surface area contributed by atoms with E-state index in [1.807, 2.05) is 54.6 Å². The van der Waals surface area contributed by atoms with Crippen molar-refractivity contribution in [3.05, 3.63) is 59.8 Å². The molecule has 0 fully saturated rings. The molecule has 5 heteroatoms. The fourth-order valence-electron chi connectivity index (χ4n) is 3.57. The molecule has 0 saturated heterocycles. The minimum Gasteiger partial charge on any atom is -0.492 e. The number of anilines is 1. The van der Waals surface area contributed by atoms with Gasteiger partial charge in [0.05, 0.1) is 5.57 Å². The summed E-state index contributed by atoms with van der Waals surface area (Å²) in [4.78, 5) is 18.0. The van der Waals surface area contributed by atoms with Crippen LogP contribution in [-0.2, 0) is 4.79 Å². The molecule has 0 saturated carbocycles. The molecule has 2 N–H and O–H groups in total. The molecule has 1 amide bonds. The van der Waals surface area contributed by atoms with Gasteiger partial charge in [-0.15, -0.1) is 0 Å². The molecule has 0 aliphatic carbocycles. The Labute approximate surface area is 165 Å². The predicted octanol–water partition coefficient (Wildman–Crippen LogP) is 4.38.